The first-order chi connectivity index (χ1) is 9.31. The molecule has 1 unspecified atom stereocenters. The van der Waals surface area contributed by atoms with Gasteiger partial charge in [-0.1, -0.05) is 34.1 Å². The summed E-state index contributed by atoms with van der Waals surface area (Å²) in [4.78, 5) is 2.53. The molecule has 0 radical (unpaired) electrons. The zero-order chi connectivity index (χ0) is 13.2. The number of para-hydroxylation sites is 1. The zero-order valence-electron chi connectivity index (χ0n) is 11.3. The van der Waals surface area contributed by atoms with E-state index in [1.165, 1.54) is 36.1 Å². The Bertz CT molecular complexity index is 564. The number of alkyl halides is 1. The number of hydrogen-bond acceptors (Lipinski definition) is 2. The summed E-state index contributed by atoms with van der Waals surface area (Å²) >= 11 is 3.60. The average Bonchev–Trinajstić information content (AvgIpc) is 3.04. The van der Waals surface area contributed by atoms with Gasteiger partial charge in [-0.05, 0) is 31.9 Å². The van der Waals surface area contributed by atoms with Gasteiger partial charge >= 0.3 is 0 Å². The van der Waals surface area contributed by atoms with Crippen molar-refractivity contribution in [2.75, 3.05) is 18.4 Å². The van der Waals surface area contributed by atoms with Crippen LogP contribution < -0.4 is 0 Å². The number of halogens is 1. The van der Waals surface area contributed by atoms with Crippen LogP contribution in [0.4, 0.5) is 0 Å². The molecule has 1 aliphatic rings. The number of rotatable bonds is 4. The molecule has 4 heteroatoms. The van der Waals surface area contributed by atoms with Crippen LogP contribution in [0.5, 0.6) is 0 Å². The number of benzene rings is 1. The fourth-order valence-corrected chi connectivity index (χ4v) is 3.48. The molecule has 0 spiro atoms. The molecule has 0 amide bonds. The van der Waals surface area contributed by atoms with E-state index in [1.54, 1.807) is 0 Å². The van der Waals surface area contributed by atoms with Crippen LogP contribution in [-0.4, -0.2) is 33.1 Å². The van der Waals surface area contributed by atoms with Crippen LogP contribution in [0.15, 0.2) is 24.3 Å². The van der Waals surface area contributed by atoms with E-state index in [4.69, 9.17) is 5.10 Å². The lowest BCUT2D eigenvalue weighted by molar-refractivity contribution is 0.317. The molecule has 3 nitrogen and oxygen atoms in total. The molecule has 0 bridgehead atoms. The van der Waals surface area contributed by atoms with E-state index in [0.29, 0.717) is 0 Å². The first-order valence-corrected chi connectivity index (χ1v) is 8.16. The highest BCUT2D eigenvalue weighted by atomic mass is 79.9. The molecule has 1 saturated heterocycles. The van der Waals surface area contributed by atoms with Crippen molar-refractivity contribution in [3.05, 3.63) is 30.0 Å². The highest BCUT2D eigenvalue weighted by Crippen LogP contribution is 2.24. The maximum atomic E-state index is 4.79. The zero-order valence-corrected chi connectivity index (χ0v) is 12.9. The molecule has 2 heterocycles. The normalized spacial score (nSPS) is 20.4. The number of nitrogens with zero attached hydrogens (tertiary/aromatic N) is 3. The Morgan fingerprint density at radius 1 is 1.37 bits per heavy atom. The molecule has 0 saturated carbocycles. The third kappa shape index (κ3) is 2.56. The predicted molar refractivity (Wildman–Crippen MR) is 82.6 cm³/mol. The van der Waals surface area contributed by atoms with E-state index in [9.17, 15) is 0 Å². The lowest BCUT2D eigenvalue weighted by atomic mass is 10.2. The summed E-state index contributed by atoms with van der Waals surface area (Å²) in [5.41, 5.74) is 2.49. The van der Waals surface area contributed by atoms with Crippen molar-refractivity contribution < 1.29 is 0 Å². The van der Waals surface area contributed by atoms with Crippen LogP contribution in [0.1, 0.15) is 19.0 Å². The predicted octanol–water partition coefficient (Wildman–Crippen LogP) is 3.27. The van der Waals surface area contributed by atoms with Crippen LogP contribution in [-0.2, 0) is 13.1 Å². The van der Waals surface area contributed by atoms with Crippen LogP contribution in [0, 0.1) is 5.92 Å². The van der Waals surface area contributed by atoms with Crippen LogP contribution >= 0.6 is 15.9 Å². The Morgan fingerprint density at radius 3 is 2.95 bits per heavy atom. The van der Waals surface area contributed by atoms with Crippen molar-refractivity contribution in [1.29, 1.82) is 0 Å². The highest BCUT2D eigenvalue weighted by Gasteiger charge is 2.23. The second-order valence-corrected chi connectivity index (χ2v) is 5.97. The van der Waals surface area contributed by atoms with Gasteiger partial charge in [-0.2, -0.15) is 5.10 Å². The number of likely N-dealkylation sites (tertiary alicyclic amines) is 1. The van der Waals surface area contributed by atoms with Gasteiger partial charge < -0.3 is 0 Å². The summed E-state index contributed by atoms with van der Waals surface area (Å²) in [6, 6.07) is 8.57. The number of aryl methyl sites for hydroxylation is 1. The minimum absolute atomic E-state index is 0.805. The number of fused-ring (bicyclic) bond motifs is 1. The Morgan fingerprint density at radius 2 is 2.21 bits per heavy atom. The Balaban J connectivity index is 1.85. The monoisotopic (exact) mass is 321 g/mol. The van der Waals surface area contributed by atoms with Gasteiger partial charge in [-0.3, -0.25) is 9.58 Å². The van der Waals surface area contributed by atoms with Crippen LogP contribution in [0.25, 0.3) is 10.9 Å². The smallest absolute Gasteiger partial charge is 0.0843 e. The molecule has 2 aromatic rings. The quantitative estimate of drug-likeness (QED) is 0.806. The SMILES string of the molecule is CCn1nc(CN2CCC(CBr)C2)c2ccccc21. The highest BCUT2D eigenvalue weighted by molar-refractivity contribution is 9.09. The van der Waals surface area contributed by atoms with E-state index in [1.807, 2.05) is 0 Å². The molecule has 1 atom stereocenters. The second-order valence-electron chi connectivity index (χ2n) is 5.32. The summed E-state index contributed by atoms with van der Waals surface area (Å²) in [7, 11) is 0. The van der Waals surface area contributed by atoms with Crippen molar-refractivity contribution in [1.82, 2.24) is 14.7 Å². The standard InChI is InChI=1S/C15H20BrN3/c1-2-19-15-6-4-3-5-13(15)14(17-19)11-18-8-7-12(9-16)10-18/h3-6,12H,2,7-11H2,1H3. The lowest BCUT2D eigenvalue weighted by Gasteiger charge is -2.13. The number of hydrogen-bond donors (Lipinski definition) is 0. The van der Waals surface area contributed by atoms with Gasteiger partial charge in [0.25, 0.3) is 0 Å². The van der Waals surface area contributed by atoms with Crippen LogP contribution in [0.3, 0.4) is 0 Å². The molecule has 1 fully saturated rings. The molecule has 1 aromatic heterocycles. The average molecular weight is 322 g/mol. The number of aromatic nitrogens is 2. The molecule has 1 aliphatic heterocycles. The van der Waals surface area contributed by atoms with E-state index >= 15 is 0 Å². The minimum atomic E-state index is 0.805. The largest absolute Gasteiger partial charge is 0.297 e. The minimum Gasteiger partial charge on any atom is -0.297 e. The fourth-order valence-electron chi connectivity index (χ4n) is 2.95. The molecule has 0 aliphatic carbocycles. The summed E-state index contributed by atoms with van der Waals surface area (Å²) < 4.78 is 2.11. The molecule has 102 valence electrons. The van der Waals surface area contributed by atoms with E-state index in [-0.39, 0.29) is 0 Å². The maximum Gasteiger partial charge on any atom is 0.0843 e. The summed E-state index contributed by atoms with van der Waals surface area (Å²) in [5.74, 6) is 0.805. The summed E-state index contributed by atoms with van der Waals surface area (Å²) in [5, 5.41) is 7.22. The Labute approximate surface area is 122 Å². The van der Waals surface area contributed by atoms with Crippen molar-refractivity contribution in [3.63, 3.8) is 0 Å². The first-order valence-electron chi connectivity index (χ1n) is 7.04. The summed E-state index contributed by atoms with van der Waals surface area (Å²) in [6.07, 6.45) is 1.30. The van der Waals surface area contributed by atoms with E-state index in [2.05, 4.69) is 56.7 Å². The summed E-state index contributed by atoms with van der Waals surface area (Å²) in [6.45, 7) is 6.46. The van der Waals surface area contributed by atoms with Crippen molar-refractivity contribution in [3.8, 4) is 0 Å². The Hall–Kier alpha value is -0.870. The maximum absolute atomic E-state index is 4.79. The molecule has 3 rings (SSSR count). The lowest BCUT2D eigenvalue weighted by Crippen LogP contribution is -2.21. The van der Waals surface area contributed by atoms with Gasteiger partial charge in [0.2, 0.25) is 0 Å². The molecular weight excluding hydrogens is 302 g/mol. The van der Waals surface area contributed by atoms with Gasteiger partial charge in [-0.15, -0.1) is 0 Å². The molecule has 0 N–H and O–H groups in total. The fraction of sp³-hybridized carbons (Fsp3) is 0.533. The second kappa shape index (κ2) is 5.63. The van der Waals surface area contributed by atoms with Gasteiger partial charge in [0, 0.05) is 30.4 Å². The third-order valence-electron chi connectivity index (χ3n) is 4.00. The molecule has 19 heavy (non-hydrogen) atoms. The van der Waals surface area contributed by atoms with Crippen molar-refractivity contribution >= 4 is 26.8 Å². The van der Waals surface area contributed by atoms with Gasteiger partial charge in [0.05, 0.1) is 11.2 Å². The molecular formula is C15H20BrN3. The van der Waals surface area contributed by atoms with Gasteiger partial charge in [0.15, 0.2) is 0 Å². The molecule has 1 aromatic carbocycles. The van der Waals surface area contributed by atoms with Gasteiger partial charge in [0.1, 0.15) is 0 Å². The van der Waals surface area contributed by atoms with E-state index in [0.717, 1.165) is 24.3 Å². The van der Waals surface area contributed by atoms with Crippen molar-refractivity contribution in [2.45, 2.75) is 26.4 Å². The topological polar surface area (TPSA) is 21.1 Å². The third-order valence-corrected chi connectivity index (χ3v) is 4.91. The first kappa shape index (κ1) is 13.1. The Kier molecular flexibility index (Phi) is 3.89. The van der Waals surface area contributed by atoms with E-state index < -0.39 is 0 Å². The van der Waals surface area contributed by atoms with Crippen LogP contribution in [0.2, 0.25) is 0 Å². The van der Waals surface area contributed by atoms with Gasteiger partial charge in [-0.25, -0.2) is 0 Å². The van der Waals surface area contributed by atoms with Crippen molar-refractivity contribution in [2.24, 2.45) is 5.92 Å².